The Bertz CT molecular complexity index is 587. The van der Waals surface area contributed by atoms with Gasteiger partial charge in [-0.25, -0.2) is 4.39 Å². The summed E-state index contributed by atoms with van der Waals surface area (Å²) in [5, 5.41) is 11.3. The van der Waals surface area contributed by atoms with Crippen LogP contribution in [0.15, 0.2) is 29.6 Å². The van der Waals surface area contributed by atoms with E-state index in [2.05, 4.69) is 23.3 Å². The molecule has 2 aromatic rings. The lowest BCUT2D eigenvalue weighted by Gasteiger charge is -2.22. The topological polar surface area (TPSA) is 23.5 Å². The van der Waals surface area contributed by atoms with E-state index in [9.17, 15) is 4.39 Å². The molecular formula is C16H19ClFNOS. The van der Waals surface area contributed by atoms with Crippen LogP contribution in [0.3, 0.4) is 0 Å². The third-order valence-electron chi connectivity index (χ3n) is 3.36. The van der Waals surface area contributed by atoms with E-state index in [4.69, 9.17) is 16.7 Å². The Balaban J connectivity index is 2.08. The highest BCUT2D eigenvalue weighted by Gasteiger charge is 2.11. The van der Waals surface area contributed by atoms with E-state index < -0.39 is 0 Å². The third kappa shape index (κ3) is 4.78. The van der Waals surface area contributed by atoms with Crippen LogP contribution in [0.1, 0.15) is 22.4 Å². The van der Waals surface area contributed by atoms with E-state index in [-0.39, 0.29) is 17.4 Å². The van der Waals surface area contributed by atoms with Crippen molar-refractivity contribution in [1.82, 2.24) is 4.90 Å². The van der Waals surface area contributed by atoms with Crippen molar-refractivity contribution < 1.29 is 9.50 Å². The quantitative estimate of drug-likeness (QED) is 0.822. The maximum Gasteiger partial charge on any atom is 0.142 e. The maximum absolute atomic E-state index is 13.5. The summed E-state index contributed by atoms with van der Waals surface area (Å²) in [6.07, 6.45) is 0.709. The summed E-state index contributed by atoms with van der Waals surface area (Å²) in [6.45, 7) is 4.49. The normalized spacial score (nSPS) is 11.3. The van der Waals surface area contributed by atoms with Gasteiger partial charge >= 0.3 is 0 Å². The summed E-state index contributed by atoms with van der Waals surface area (Å²) < 4.78 is 13.5. The van der Waals surface area contributed by atoms with Gasteiger partial charge in [0.2, 0.25) is 0 Å². The van der Waals surface area contributed by atoms with Crippen LogP contribution in [0.5, 0.6) is 0 Å². The average molecular weight is 328 g/mol. The highest BCUT2D eigenvalue weighted by atomic mass is 35.5. The summed E-state index contributed by atoms with van der Waals surface area (Å²) in [7, 11) is 0. The minimum absolute atomic E-state index is 0.148. The molecule has 0 atom stereocenters. The molecule has 2 rings (SSSR count). The molecule has 0 fully saturated rings. The van der Waals surface area contributed by atoms with Gasteiger partial charge in [-0.15, -0.1) is 11.3 Å². The Morgan fingerprint density at radius 2 is 2.10 bits per heavy atom. The van der Waals surface area contributed by atoms with Crippen LogP contribution in [0, 0.1) is 12.7 Å². The van der Waals surface area contributed by atoms with E-state index in [0.29, 0.717) is 13.0 Å². The molecule has 0 radical (unpaired) electrons. The fourth-order valence-electron chi connectivity index (χ4n) is 2.17. The zero-order chi connectivity index (χ0) is 15.2. The van der Waals surface area contributed by atoms with Crippen LogP contribution in [0.2, 0.25) is 5.02 Å². The van der Waals surface area contributed by atoms with Crippen LogP contribution >= 0.6 is 22.9 Å². The predicted molar refractivity (Wildman–Crippen MR) is 86.3 cm³/mol. The zero-order valence-corrected chi connectivity index (χ0v) is 13.6. The minimum Gasteiger partial charge on any atom is -0.396 e. The lowest BCUT2D eigenvalue weighted by atomic mass is 10.2. The second-order valence-electron chi connectivity index (χ2n) is 5.06. The Labute approximate surface area is 133 Å². The number of aliphatic hydroxyl groups is 1. The molecule has 1 aromatic carbocycles. The average Bonchev–Trinajstić information content (AvgIpc) is 2.85. The zero-order valence-electron chi connectivity index (χ0n) is 12.0. The first kappa shape index (κ1) is 16.4. The molecule has 0 amide bonds. The molecule has 0 aliphatic rings. The number of nitrogens with zero attached hydrogens (tertiary/aromatic N) is 1. The second-order valence-corrected chi connectivity index (χ2v) is 6.47. The molecule has 1 N–H and O–H groups in total. The molecule has 5 heteroatoms. The number of hydrogen-bond acceptors (Lipinski definition) is 3. The van der Waals surface area contributed by atoms with Gasteiger partial charge in [0, 0.05) is 31.1 Å². The van der Waals surface area contributed by atoms with Gasteiger partial charge in [-0.1, -0.05) is 17.7 Å². The van der Waals surface area contributed by atoms with Gasteiger partial charge < -0.3 is 5.11 Å². The van der Waals surface area contributed by atoms with E-state index in [1.165, 1.54) is 16.5 Å². The molecule has 0 saturated heterocycles. The minimum atomic E-state index is -0.386. The first-order valence-corrected chi connectivity index (χ1v) is 8.16. The van der Waals surface area contributed by atoms with Crippen LogP contribution in [-0.2, 0) is 13.1 Å². The highest BCUT2D eigenvalue weighted by Crippen LogP contribution is 2.21. The first-order chi connectivity index (χ1) is 10.1. The van der Waals surface area contributed by atoms with Crippen molar-refractivity contribution >= 4 is 22.9 Å². The molecule has 0 unspecified atom stereocenters. The van der Waals surface area contributed by atoms with Crippen molar-refractivity contribution in [2.24, 2.45) is 0 Å². The van der Waals surface area contributed by atoms with Crippen molar-refractivity contribution in [2.45, 2.75) is 26.4 Å². The van der Waals surface area contributed by atoms with Crippen molar-refractivity contribution in [3.8, 4) is 0 Å². The van der Waals surface area contributed by atoms with Gasteiger partial charge in [0.25, 0.3) is 0 Å². The standard InChI is InChI=1S/C16H19ClFNOS/c1-12-5-8-21-16(12)11-19(6-2-7-20)10-13-3-4-14(17)15(18)9-13/h3-5,8-9,20H,2,6-7,10-11H2,1H3. The van der Waals surface area contributed by atoms with Crippen molar-refractivity contribution in [2.75, 3.05) is 13.2 Å². The number of aryl methyl sites for hydroxylation is 1. The molecule has 0 bridgehead atoms. The maximum atomic E-state index is 13.5. The lowest BCUT2D eigenvalue weighted by molar-refractivity contribution is 0.213. The summed E-state index contributed by atoms with van der Waals surface area (Å²) in [6, 6.07) is 7.02. The molecule has 1 heterocycles. The SMILES string of the molecule is Cc1ccsc1CN(CCCO)Cc1ccc(Cl)c(F)c1. The molecule has 2 nitrogen and oxygen atoms in total. The lowest BCUT2D eigenvalue weighted by Crippen LogP contribution is -2.24. The van der Waals surface area contributed by atoms with Gasteiger partial charge in [0.05, 0.1) is 5.02 Å². The van der Waals surface area contributed by atoms with E-state index >= 15 is 0 Å². The molecule has 0 saturated carbocycles. The number of aliphatic hydroxyl groups excluding tert-OH is 1. The molecule has 1 aromatic heterocycles. The van der Waals surface area contributed by atoms with Gasteiger partial charge in [-0.05, 0) is 48.1 Å². The van der Waals surface area contributed by atoms with Crippen LogP contribution in [0.25, 0.3) is 0 Å². The monoisotopic (exact) mass is 327 g/mol. The van der Waals surface area contributed by atoms with Gasteiger partial charge in [-0.2, -0.15) is 0 Å². The van der Waals surface area contributed by atoms with Crippen LogP contribution in [0.4, 0.5) is 4.39 Å². The largest absolute Gasteiger partial charge is 0.396 e. The summed E-state index contributed by atoms with van der Waals surface area (Å²) in [4.78, 5) is 3.53. The number of benzene rings is 1. The number of halogens is 2. The molecule has 0 aliphatic heterocycles. The summed E-state index contributed by atoms with van der Waals surface area (Å²) in [5.74, 6) is -0.386. The predicted octanol–water partition coefficient (Wildman–Crippen LogP) is 4.23. The number of rotatable bonds is 7. The molecule has 0 spiro atoms. The number of thiophene rings is 1. The second kappa shape index (κ2) is 7.90. The molecular weight excluding hydrogens is 309 g/mol. The van der Waals surface area contributed by atoms with E-state index in [0.717, 1.165) is 18.7 Å². The highest BCUT2D eigenvalue weighted by molar-refractivity contribution is 7.10. The fraction of sp³-hybridized carbons (Fsp3) is 0.375. The van der Waals surface area contributed by atoms with Crippen LogP contribution < -0.4 is 0 Å². The van der Waals surface area contributed by atoms with E-state index in [1.807, 2.05) is 6.07 Å². The molecule has 114 valence electrons. The Hall–Kier alpha value is -0.940. The first-order valence-electron chi connectivity index (χ1n) is 6.90. The van der Waals surface area contributed by atoms with Gasteiger partial charge in [-0.3, -0.25) is 4.90 Å². The van der Waals surface area contributed by atoms with E-state index in [1.54, 1.807) is 17.4 Å². The summed E-state index contributed by atoms with van der Waals surface area (Å²) >= 11 is 7.44. The Morgan fingerprint density at radius 1 is 1.29 bits per heavy atom. The van der Waals surface area contributed by atoms with Gasteiger partial charge in [0.1, 0.15) is 5.82 Å². The molecule has 0 aliphatic carbocycles. The van der Waals surface area contributed by atoms with Crippen molar-refractivity contribution in [1.29, 1.82) is 0 Å². The van der Waals surface area contributed by atoms with Crippen molar-refractivity contribution in [3.63, 3.8) is 0 Å². The fourth-order valence-corrected chi connectivity index (χ4v) is 3.24. The van der Waals surface area contributed by atoms with Gasteiger partial charge in [0.15, 0.2) is 0 Å². The van der Waals surface area contributed by atoms with Crippen molar-refractivity contribution in [3.05, 3.63) is 56.5 Å². The third-order valence-corrected chi connectivity index (χ3v) is 4.67. The Kier molecular flexibility index (Phi) is 6.18. The smallest absolute Gasteiger partial charge is 0.142 e. The van der Waals surface area contributed by atoms with Crippen LogP contribution in [-0.4, -0.2) is 23.2 Å². The summed E-state index contributed by atoms with van der Waals surface area (Å²) in [5.41, 5.74) is 2.17. The molecule has 21 heavy (non-hydrogen) atoms. The number of hydrogen-bond donors (Lipinski definition) is 1. The Morgan fingerprint density at radius 3 is 2.71 bits per heavy atom.